The Morgan fingerprint density at radius 3 is 2.18 bits per heavy atom. The van der Waals surface area contributed by atoms with Crippen molar-refractivity contribution in [3.63, 3.8) is 0 Å². The highest BCUT2D eigenvalue weighted by Crippen LogP contribution is 2.44. The Balaban J connectivity index is 1.24. The summed E-state index contributed by atoms with van der Waals surface area (Å²) in [5.41, 5.74) is 2.84. The lowest BCUT2D eigenvalue weighted by atomic mass is 9.98. The van der Waals surface area contributed by atoms with Crippen LogP contribution in [0, 0.1) is 5.82 Å². The summed E-state index contributed by atoms with van der Waals surface area (Å²) in [6.45, 7) is 0.123. The number of carboxylic acids is 1. The van der Waals surface area contributed by atoms with Gasteiger partial charge in [0.15, 0.2) is 0 Å². The molecule has 8 heteroatoms. The van der Waals surface area contributed by atoms with Crippen LogP contribution in [0.5, 0.6) is 0 Å². The lowest BCUT2D eigenvalue weighted by Crippen LogP contribution is -2.46. The zero-order chi connectivity index (χ0) is 23.9. The Hall–Kier alpha value is -4.20. The number of rotatable bonds is 6. The highest BCUT2D eigenvalue weighted by Gasteiger charge is 2.52. The van der Waals surface area contributed by atoms with Crippen molar-refractivity contribution in [1.29, 1.82) is 0 Å². The second-order valence-corrected chi connectivity index (χ2v) is 8.49. The molecule has 1 saturated carbocycles. The van der Waals surface area contributed by atoms with Gasteiger partial charge in [0, 0.05) is 11.6 Å². The molecule has 5 rings (SSSR count). The van der Waals surface area contributed by atoms with Gasteiger partial charge in [-0.05, 0) is 53.3 Å². The summed E-state index contributed by atoms with van der Waals surface area (Å²) < 4.78 is 19.1. The molecular weight excluding hydrogens is 439 g/mol. The number of anilines is 1. The van der Waals surface area contributed by atoms with Crippen LogP contribution in [-0.2, 0) is 9.53 Å². The van der Waals surface area contributed by atoms with Crippen molar-refractivity contribution in [3.8, 4) is 11.1 Å². The van der Waals surface area contributed by atoms with E-state index < -0.39 is 34.9 Å². The summed E-state index contributed by atoms with van der Waals surface area (Å²) in [5.74, 6) is -2.95. The number of fused-ring (bicyclic) bond motifs is 3. The van der Waals surface area contributed by atoms with E-state index in [-0.39, 0.29) is 18.2 Å². The number of carbonyl (C=O) groups is 3. The second kappa shape index (κ2) is 8.30. The minimum atomic E-state index is -1.44. The molecule has 0 spiro atoms. The van der Waals surface area contributed by atoms with E-state index in [1.807, 2.05) is 48.5 Å². The zero-order valence-electron chi connectivity index (χ0n) is 18.0. The van der Waals surface area contributed by atoms with Crippen LogP contribution in [-0.4, -0.2) is 35.2 Å². The van der Waals surface area contributed by atoms with Crippen LogP contribution in [0.4, 0.5) is 14.9 Å². The molecule has 0 unspecified atom stereocenters. The molecule has 0 atom stereocenters. The number of benzene rings is 3. The molecule has 2 aliphatic carbocycles. The molecule has 0 heterocycles. The Bertz CT molecular complexity index is 1270. The van der Waals surface area contributed by atoms with Gasteiger partial charge >= 0.3 is 12.1 Å². The third kappa shape index (κ3) is 3.87. The SMILES string of the molecule is O=C(NC1(C(=O)Nc2ccc(F)c(C(=O)O)c2)CC1)OCC1c2ccccc2-c2ccccc21. The number of nitrogens with one attached hydrogen (secondary N) is 2. The van der Waals surface area contributed by atoms with Crippen LogP contribution in [0.15, 0.2) is 66.7 Å². The van der Waals surface area contributed by atoms with Gasteiger partial charge in [0.25, 0.3) is 0 Å². The molecule has 0 bridgehead atoms. The summed E-state index contributed by atoms with van der Waals surface area (Å²) in [6, 6.07) is 19.3. The van der Waals surface area contributed by atoms with Gasteiger partial charge in [-0.1, -0.05) is 48.5 Å². The van der Waals surface area contributed by atoms with Crippen LogP contribution >= 0.6 is 0 Å². The largest absolute Gasteiger partial charge is 0.478 e. The molecule has 172 valence electrons. The van der Waals surface area contributed by atoms with Gasteiger partial charge in [-0.3, -0.25) is 4.79 Å². The Morgan fingerprint density at radius 2 is 1.59 bits per heavy atom. The monoisotopic (exact) mass is 460 g/mol. The molecule has 0 saturated heterocycles. The zero-order valence-corrected chi connectivity index (χ0v) is 18.0. The van der Waals surface area contributed by atoms with Crippen LogP contribution in [0.1, 0.15) is 40.2 Å². The molecule has 2 aliphatic rings. The molecule has 3 N–H and O–H groups in total. The topological polar surface area (TPSA) is 105 Å². The standard InChI is InChI=1S/C26H21FN2O5/c27-22-10-9-15(13-20(22)23(30)31)28-24(32)26(11-12-26)29-25(33)34-14-21-18-7-3-1-5-16(18)17-6-2-4-8-19(17)21/h1-10,13,21H,11-12,14H2,(H,28,32)(H,29,33)(H,30,31). The molecule has 1 fully saturated rings. The molecule has 0 aliphatic heterocycles. The van der Waals surface area contributed by atoms with E-state index in [2.05, 4.69) is 10.6 Å². The van der Waals surface area contributed by atoms with E-state index in [1.54, 1.807) is 0 Å². The van der Waals surface area contributed by atoms with Gasteiger partial charge in [-0.15, -0.1) is 0 Å². The first-order chi connectivity index (χ1) is 16.4. The number of ether oxygens (including phenoxy) is 1. The smallest absolute Gasteiger partial charge is 0.408 e. The molecule has 3 aromatic rings. The van der Waals surface area contributed by atoms with Gasteiger partial charge < -0.3 is 20.5 Å². The van der Waals surface area contributed by atoms with Gasteiger partial charge in [0.1, 0.15) is 18.0 Å². The second-order valence-electron chi connectivity index (χ2n) is 8.49. The van der Waals surface area contributed by atoms with Crippen molar-refractivity contribution >= 4 is 23.7 Å². The van der Waals surface area contributed by atoms with Crippen molar-refractivity contribution in [1.82, 2.24) is 5.32 Å². The summed E-state index contributed by atoms with van der Waals surface area (Å²) in [6.07, 6.45) is 0.117. The number of alkyl carbamates (subject to hydrolysis) is 1. The summed E-state index contributed by atoms with van der Waals surface area (Å²) >= 11 is 0. The fourth-order valence-corrected chi connectivity index (χ4v) is 4.38. The first-order valence-electron chi connectivity index (χ1n) is 10.9. The first-order valence-corrected chi connectivity index (χ1v) is 10.9. The molecule has 0 aromatic heterocycles. The molecule has 0 radical (unpaired) electrons. The maximum Gasteiger partial charge on any atom is 0.408 e. The Labute approximate surface area is 194 Å². The van der Waals surface area contributed by atoms with Gasteiger partial charge in [-0.25, -0.2) is 14.0 Å². The van der Waals surface area contributed by atoms with E-state index >= 15 is 0 Å². The number of halogens is 1. The van der Waals surface area contributed by atoms with Gasteiger partial charge in [-0.2, -0.15) is 0 Å². The minimum Gasteiger partial charge on any atom is -0.478 e. The molecule has 34 heavy (non-hydrogen) atoms. The van der Waals surface area contributed by atoms with E-state index in [4.69, 9.17) is 9.84 Å². The third-order valence-corrected chi connectivity index (χ3v) is 6.32. The van der Waals surface area contributed by atoms with Crippen LogP contribution < -0.4 is 10.6 Å². The number of carbonyl (C=O) groups excluding carboxylic acids is 2. The quantitative estimate of drug-likeness (QED) is 0.501. The molecule has 7 nitrogen and oxygen atoms in total. The van der Waals surface area contributed by atoms with Gasteiger partial charge in [0.05, 0.1) is 5.56 Å². The lowest BCUT2D eigenvalue weighted by Gasteiger charge is -2.19. The van der Waals surface area contributed by atoms with Crippen LogP contribution in [0.2, 0.25) is 0 Å². The number of hydrogen-bond acceptors (Lipinski definition) is 4. The van der Waals surface area contributed by atoms with Crippen molar-refractivity contribution in [2.75, 3.05) is 11.9 Å². The van der Waals surface area contributed by atoms with E-state index in [0.717, 1.165) is 34.4 Å². The number of hydrogen-bond donors (Lipinski definition) is 3. The predicted molar refractivity (Wildman–Crippen MR) is 122 cm³/mol. The maximum absolute atomic E-state index is 13.6. The molecule has 3 aromatic carbocycles. The fourth-order valence-electron chi connectivity index (χ4n) is 4.38. The molecular formula is C26H21FN2O5. The summed E-state index contributed by atoms with van der Waals surface area (Å²) in [7, 11) is 0. The summed E-state index contributed by atoms with van der Waals surface area (Å²) in [4.78, 5) is 36.5. The highest BCUT2D eigenvalue weighted by atomic mass is 19.1. The number of carboxylic acid groups (broad SMARTS) is 1. The summed E-state index contributed by atoms with van der Waals surface area (Å²) in [5, 5.41) is 14.3. The number of amides is 2. The van der Waals surface area contributed by atoms with E-state index in [0.29, 0.717) is 12.8 Å². The highest BCUT2D eigenvalue weighted by molar-refractivity contribution is 6.02. The van der Waals surface area contributed by atoms with Crippen molar-refractivity contribution in [3.05, 3.63) is 89.2 Å². The minimum absolute atomic E-state index is 0.101. The van der Waals surface area contributed by atoms with E-state index in [1.165, 1.54) is 6.07 Å². The fraction of sp³-hybridized carbons (Fsp3) is 0.192. The molecule has 2 amide bonds. The average molecular weight is 460 g/mol. The number of aromatic carboxylic acids is 1. The Morgan fingerprint density at radius 1 is 0.971 bits per heavy atom. The lowest BCUT2D eigenvalue weighted by molar-refractivity contribution is -0.119. The maximum atomic E-state index is 13.6. The van der Waals surface area contributed by atoms with Crippen LogP contribution in [0.3, 0.4) is 0 Å². The third-order valence-electron chi connectivity index (χ3n) is 6.32. The van der Waals surface area contributed by atoms with Crippen molar-refractivity contribution in [2.45, 2.75) is 24.3 Å². The Kier molecular flexibility index (Phi) is 5.28. The van der Waals surface area contributed by atoms with Crippen LogP contribution in [0.25, 0.3) is 11.1 Å². The normalized spacial score (nSPS) is 15.1. The average Bonchev–Trinajstić information content (AvgIpc) is 3.54. The van der Waals surface area contributed by atoms with Gasteiger partial charge in [0.2, 0.25) is 5.91 Å². The first kappa shape index (κ1) is 21.6. The van der Waals surface area contributed by atoms with Crippen molar-refractivity contribution in [2.24, 2.45) is 0 Å². The van der Waals surface area contributed by atoms with E-state index in [9.17, 15) is 18.8 Å². The predicted octanol–water partition coefficient (Wildman–Crippen LogP) is 4.53. The van der Waals surface area contributed by atoms with Crippen molar-refractivity contribution < 1.29 is 28.6 Å².